The lowest BCUT2D eigenvalue weighted by molar-refractivity contribution is -0.114. The fourth-order valence-electron chi connectivity index (χ4n) is 2.35. The second kappa shape index (κ2) is 12.6. The average molecular weight is 761 g/mol. The summed E-state index contributed by atoms with van der Waals surface area (Å²) in [5.74, 6) is -1.49. The number of anilines is 1. The third kappa shape index (κ3) is 7.09. The van der Waals surface area contributed by atoms with Crippen LogP contribution in [0.25, 0.3) is 0 Å². The first-order chi connectivity index (χ1) is 14.0. The molecule has 13 heteroatoms. The number of likely N-dealkylation sites (N-methyl/N-ethyl adjacent to an activating group) is 1. The lowest BCUT2D eigenvalue weighted by Gasteiger charge is -2.24. The minimum atomic E-state index is -1.14. The fraction of sp³-hybridized carbons (Fsp3) is 0.471. The number of aliphatic hydroxyl groups excluding tert-OH is 4. The Bertz CT molecular complexity index is 823. The van der Waals surface area contributed by atoms with E-state index >= 15 is 0 Å². The van der Waals surface area contributed by atoms with Crippen molar-refractivity contribution in [2.45, 2.75) is 19.1 Å². The van der Waals surface area contributed by atoms with Crippen LogP contribution in [0.3, 0.4) is 0 Å². The number of rotatable bonds is 9. The van der Waals surface area contributed by atoms with Crippen LogP contribution in [0, 0.1) is 10.7 Å². The molecule has 3 amide bonds. The Kier molecular flexibility index (Phi) is 11.7. The minimum absolute atomic E-state index is 0.130. The highest BCUT2D eigenvalue weighted by Gasteiger charge is 2.30. The van der Waals surface area contributed by atoms with Gasteiger partial charge in [0.2, 0.25) is 5.91 Å². The number of carbonyl (C=O) groups excluding carboxylic acids is 3. The summed E-state index contributed by atoms with van der Waals surface area (Å²) in [5, 5.41) is 42.3. The van der Waals surface area contributed by atoms with Crippen molar-refractivity contribution in [2.75, 3.05) is 38.7 Å². The molecule has 0 saturated carbocycles. The third-order valence-electron chi connectivity index (χ3n) is 3.81. The molecule has 2 atom stereocenters. The smallest absolute Gasteiger partial charge is 0.255 e. The minimum Gasteiger partial charge on any atom is -0.394 e. The van der Waals surface area contributed by atoms with E-state index in [0.717, 1.165) is 0 Å². The summed E-state index contributed by atoms with van der Waals surface area (Å²) in [6.07, 6.45) is -2.27. The summed E-state index contributed by atoms with van der Waals surface area (Å²) < 4.78 is 1.14. The molecule has 0 spiro atoms. The molecule has 0 unspecified atom stereocenters. The van der Waals surface area contributed by atoms with Gasteiger partial charge in [0, 0.05) is 30.6 Å². The lowest BCUT2D eigenvalue weighted by Crippen LogP contribution is -2.38. The number of hydrogen-bond acceptors (Lipinski definition) is 7. The number of benzene rings is 1. The molecular weight excluding hydrogens is 739 g/mol. The van der Waals surface area contributed by atoms with Gasteiger partial charge in [-0.15, -0.1) is 0 Å². The van der Waals surface area contributed by atoms with Gasteiger partial charge < -0.3 is 36.0 Å². The van der Waals surface area contributed by atoms with Crippen molar-refractivity contribution in [1.29, 1.82) is 0 Å². The normalized spacial score (nSPS) is 12.8. The number of aliphatic hydroxyl groups is 4. The summed E-state index contributed by atoms with van der Waals surface area (Å²) in [7, 11) is 1.45. The number of nitrogens with one attached hydrogen (secondary N) is 2. The van der Waals surface area contributed by atoms with E-state index in [-0.39, 0.29) is 29.9 Å². The Hall–Kier alpha value is -0.340. The van der Waals surface area contributed by atoms with Gasteiger partial charge in [-0.05, 0) is 67.8 Å². The summed E-state index contributed by atoms with van der Waals surface area (Å²) in [4.78, 5) is 38.8. The van der Waals surface area contributed by atoms with Crippen molar-refractivity contribution < 1.29 is 34.8 Å². The molecule has 1 aromatic carbocycles. The van der Waals surface area contributed by atoms with Crippen LogP contribution in [-0.2, 0) is 4.79 Å². The van der Waals surface area contributed by atoms with Crippen molar-refractivity contribution in [3.05, 3.63) is 21.8 Å². The number of hydrogen-bond donors (Lipinski definition) is 6. The molecule has 10 nitrogen and oxygen atoms in total. The van der Waals surface area contributed by atoms with Gasteiger partial charge >= 0.3 is 0 Å². The van der Waals surface area contributed by atoms with E-state index < -0.39 is 43.1 Å². The number of amides is 3. The SMILES string of the molecule is CC(=O)Nc1c(I)c(C(=O)NC[C@@H](O)CO)c(I)c(C(=O)N(C)C[C@@H](O)CO)c1I. The van der Waals surface area contributed by atoms with E-state index in [1.807, 2.05) is 67.8 Å². The Labute approximate surface area is 214 Å². The first-order valence-corrected chi connectivity index (χ1v) is 11.8. The zero-order chi connectivity index (χ0) is 23.2. The maximum absolute atomic E-state index is 13.1. The molecule has 0 heterocycles. The molecule has 168 valence electrons. The van der Waals surface area contributed by atoms with Crippen molar-refractivity contribution in [3.63, 3.8) is 0 Å². The van der Waals surface area contributed by atoms with Crippen LogP contribution < -0.4 is 10.6 Å². The monoisotopic (exact) mass is 761 g/mol. The molecule has 0 saturated heterocycles. The predicted molar refractivity (Wildman–Crippen MR) is 134 cm³/mol. The maximum atomic E-state index is 13.1. The van der Waals surface area contributed by atoms with Gasteiger partial charge in [0.1, 0.15) is 0 Å². The standard InChI is InChI=1S/C17H22I3N3O7/c1-7(26)22-15-13(19)10(16(29)21-3-8(27)5-24)12(18)11(14(15)20)17(30)23(2)4-9(28)6-25/h8-9,24-25,27-28H,3-6H2,1-2H3,(H,21,29)(H,22,26)/t8-,9-/m1/s1. The predicted octanol–water partition coefficient (Wildman–Crippen LogP) is -0.0330. The van der Waals surface area contributed by atoms with Crippen LogP contribution >= 0.6 is 67.8 Å². The van der Waals surface area contributed by atoms with Gasteiger partial charge in [0.15, 0.2) is 0 Å². The molecule has 0 bridgehead atoms. The van der Waals surface area contributed by atoms with E-state index in [0.29, 0.717) is 10.7 Å². The molecule has 0 aliphatic carbocycles. The highest BCUT2D eigenvalue weighted by molar-refractivity contribution is 14.1. The highest BCUT2D eigenvalue weighted by Crippen LogP contribution is 2.36. The Morgan fingerprint density at radius 3 is 2.00 bits per heavy atom. The van der Waals surface area contributed by atoms with Gasteiger partial charge in [-0.3, -0.25) is 14.4 Å². The molecule has 0 aliphatic rings. The number of nitrogens with zero attached hydrogens (tertiary/aromatic N) is 1. The Morgan fingerprint density at radius 2 is 1.50 bits per heavy atom. The zero-order valence-corrected chi connectivity index (χ0v) is 22.6. The molecule has 0 aromatic heterocycles. The van der Waals surface area contributed by atoms with E-state index in [4.69, 9.17) is 10.2 Å². The highest BCUT2D eigenvalue weighted by atomic mass is 127. The largest absolute Gasteiger partial charge is 0.394 e. The van der Waals surface area contributed by atoms with E-state index in [9.17, 15) is 24.6 Å². The topological polar surface area (TPSA) is 159 Å². The van der Waals surface area contributed by atoms with Crippen molar-refractivity contribution >= 4 is 91.2 Å². The van der Waals surface area contributed by atoms with Gasteiger partial charge in [-0.2, -0.15) is 0 Å². The zero-order valence-electron chi connectivity index (χ0n) is 16.1. The van der Waals surface area contributed by atoms with E-state index in [2.05, 4.69) is 10.6 Å². The Balaban J connectivity index is 3.55. The van der Waals surface area contributed by atoms with E-state index in [1.165, 1.54) is 18.9 Å². The van der Waals surface area contributed by atoms with Gasteiger partial charge in [0.05, 0.1) is 49.4 Å². The van der Waals surface area contributed by atoms with Gasteiger partial charge in [0.25, 0.3) is 11.8 Å². The van der Waals surface area contributed by atoms with Crippen LogP contribution in [0.2, 0.25) is 0 Å². The molecule has 0 aliphatic heterocycles. The van der Waals surface area contributed by atoms with E-state index in [1.54, 1.807) is 0 Å². The molecule has 30 heavy (non-hydrogen) atoms. The van der Waals surface area contributed by atoms with Crippen molar-refractivity contribution in [3.8, 4) is 0 Å². The Morgan fingerprint density at radius 1 is 0.967 bits per heavy atom. The van der Waals surface area contributed by atoms with Crippen LogP contribution in [-0.4, -0.2) is 88.6 Å². The summed E-state index contributed by atoms with van der Waals surface area (Å²) >= 11 is 5.66. The summed E-state index contributed by atoms with van der Waals surface area (Å²) in [6.45, 7) is -0.0782. The fourth-order valence-corrected chi connectivity index (χ4v) is 6.74. The van der Waals surface area contributed by atoms with Crippen LogP contribution in [0.1, 0.15) is 27.6 Å². The second-order valence-corrected chi connectivity index (χ2v) is 9.55. The van der Waals surface area contributed by atoms with Crippen LogP contribution in [0.15, 0.2) is 0 Å². The first kappa shape index (κ1) is 27.7. The molecular formula is C17H22I3N3O7. The maximum Gasteiger partial charge on any atom is 0.255 e. The summed E-state index contributed by atoms with van der Waals surface area (Å²) in [6, 6.07) is 0. The second-order valence-electron chi connectivity index (χ2n) is 6.32. The lowest BCUT2D eigenvalue weighted by atomic mass is 10.1. The molecule has 0 fully saturated rings. The van der Waals surface area contributed by atoms with Gasteiger partial charge in [-0.25, -0.2) is 0 Å². The van der Waals surface area contributed by atoms with Crippen LogP contribution in [0.4, 0.5) is 5.69 Å². The quantitative estimate of drug-likeness (QED) is 0.193. The van der Waals surface area contributed by atoms with Crippen molar-refractivity contribution in [2.24, 2.45) is 0 Å². The first-order valence-electron chi connectivity index (χ1n) is 8.55. The van der Waals surface area contributed by atoms with Crippen molar-refractivity contribution in [1.82, 2.24) is 10.2 Å². The molecule has 1 aromatic rings. The average Bonchev–Trinajstić information content (AvgIpc) is 2.68. The number of carbonyl (C=O) groups is 3. The molecule has 1 rings (SSSR count). The summed E-state index contributed by atoms with van der Waals surface area (Å²) in [5.41, 5.74) is 0.572. The van der Waals surface area contributed by atoms with Crippen LogP contribution in [0.5, 0.6) is 0 Å². The number of halogens is 3. The van der Waals surface area contributed by atoms with Gasteiger partial charge in [-0.1, -0.05) is 0 Å². The molecule has 0 radical (unpaired) electrons. The third-order valence-corrected chi connectivity index (χ3v) is 7.05. The molecule has 6 N–H and O–H groups in total.